The van der Waals surface area contributed by atoms with E-state index in [2.05, 4.69) is 49.0 Å². The van der Waals surface area contributed by atoms with Crippen molar-refractivity contribution in [3.8, 4) is 0 Å². The molecule has 144 valence electrons. The maximum absolute atomic E-state index is 9.93. The quantitative estimate of drug-likeness (QED) is 0.504. The number of benzene rings is 1. The van der Waals surface area contributed by atoms with Crippen molar-refractivity contribution in [3.63, 3.8) is 0 Å². The summed E-state index contributed by atoms with van der Waals surface area (Å²) in [5, 5.41) is 10.4. The first kappa shape index (κ1) is 20.0. The number of hydrogen-bond donors (Lipinski definition) is 1. The lowest BCUT2D eigenvalue weighted by Gasteiger charge is -2.30. The van der Waals surface area contributed by atoms with Gasteiger partial charge in [0, 0.05) is 6.61 Å². The van der Waals surface area contributed by atoms with Crippen molar-refractivity contribution in [2.75, 3.05) is 12.4 Å². The van der Waals surface area contributed by atoms with Gasteiger partial charge in [-0.05, 0) is 62.2 Å². The Labute approximate surface area is 164 Å². The van der Waals surface area contributed by atoms with Crippen molar-refractivity contribution in [2.45, 2.75) is 76.4 Å². The molecule has 0 bridgehead atoms. The molecule has 3 rings (SSSR count). The van der Waals surface area contributed by atoms with Crippen molar-refractivity contribution in [1.29, 1.82) is 0 Å². The van der Waals surface area contributed by atoms with Gasteiger partial charge in [0.25, 0.3) is 0 Å². The molecule has 2 heteroatoms. The highest BCUT2D eigenvalue weighted by molar-refractivity contribution is 7.99. The molecule has 0 spiro atoms. The summed E-state index contributed by atoms with van der Waals surface area (Å²) in [6.07, 6.45) is 15.7. The van der Waals surface area contributed by atoms with E-state index in [1.807, 2.05) is 0 Å². The second-order valence-corrected chi connectivity index (χ2v) is 9.53. The molecule has 1 aromatic carbocycles. The average Bonchev–Trinajstić information content (AvgIpc) is 2.69. The van der Waals surface area contributed by atoms with Crippen molar-refractivity contribution in [3.05, 3.63) is 47.0 Å². The molecule has 1 N–H and O–H groups in total. The molecular formula is C24H36OS. The summed E-state index contributed by atoms with van der Waals surface area (Å²) in [4.78, 5) is 0. The van der Waals surface area contributed by atoms with Gasteiger partial charge in [0.1, 0.15) is 0 Å². The Morgan fingerprint density at radius 3 is 2.65 bits per heavy atom. The largest absolute Gasteiger partial charge is 0.396 e. The summed E-state index contributed by atoms with van der Waals surface area (Å²) < 4.78 is 0. The van der Waals surface area contributed by atoms with Crippen LogP contribution in [0.2, 0.25) is 0 Å². The van der Waals surface area contributed by atoms with E-state index in [0.29, 0.717) is 17.8 Å². The van der Waals surface area contributed by atoms with Crippen LogP contribution in [0.25, 0.3) is 0 Å². The molecule has 0 saturated heterocycles. The van der Waals surface area contributed by atoms with Crippen LogP contribution in [0.3, 0.4) is 0 Å². The Morgan fingerprint density at radius 2 is 1.96 bits per heavy atom. The second-order valence-electron chi connectivity index (χ2n) is 8.32. The van der Waals surface area contributed by atoms with Crippen LogP contribution >= 0.6 is 11.8 Å². The summed E-state index contributed by atoms with van der Waals surface area (Å²) in [5.74, 6) is 2.44. The molecule has 0 heterocycles. The Hall–Kier alpha value is -0.730. The van der Waals surface area contributed by atoms with Gasteiger partial charge in [-0.3, -0.25) is 0 Å². The van der Waals surface area contributed by atoms with Gasteiger partial charge in [-0.1, -0.05) is 73.6 Å². The van der Waals surface area contributed by atoms with Gasteiger partial charge in [-0.2, -0.15) is 0 Å². The molecule has 2 aliphatic rings. The van der Waals surface area contributed by atoms with Crippen LogP contribution in [0.15, 0.2) is 35.9 Å². The van der Waals surface area contributed by atoms with Gasteiger partial charge in [-0.15, -0.1) is 11.8 Å². The number of rotatable bonds is 8. The standard InChI is InChI=1S/C24H36OS/c1-19-9-8-14-22(17-19)24(21-12-6-3-7-13-21)26-16-15-23(18-25)20-10-4-2-5-11-20/h8-9,12,14,17,20,23-25H,2-7,10-11,13,15-16,18H2,1H3. The second kappa shape index (κ2) is 10.6. The van der Waals surface area contributed by atoms with Crippen LogP contribution < -0.4 is 0 Å². The van der Waals surface area contributed by atoms with E-state index in [1.165, 1.54) is 75.3 Å². The third-order valence-electron chi connectivity index (χ3n) is 6.33. The Balaban J connectivity index is 1.62. The Morgan fingerprint density at radius 1 is 1.12 bits per heavy atom. The van der Waals surface area contributed by atoms with E-state index in [9.17, 15) is 5.11 Å². The molecular weight excluding hydrogens is 336 g/mol. The molecule has 0 aromatic heterocycles. The van der Waals surface area contributed by atoms with Crippen LogP contribution in [-0.2, 0) is 0 Å². The summed E-state index contributed by atoms with van der Waals surface area (Å²) in [5.41, 5.74) is 4.48. The molecule has 1 nitrogen and oxygen atoms in total. The minimum atomic E-state index is 0.378. The van der Waals surface area contributed by atoms with Crippen molar-refractivity contribution >= 4 is 11.8 Å². The Kier molecular flexibility index (Phi) is 8.13. The van der Waals surface area contributed by atoms with Gasteiger partial charge >= 0.3 is 0 Å². The molecule has 0 aliphatic heterocycles. The molecule has 1 aromatic rings. The van der Waals surface area contributed by atoms with Crippen molar-refractivity contribution in [2.24, 2.45) is 11.8 Å². The third-order valence-corrected chi connectivity index (χ3v) is 7.71. The highest BCUT2D eigenvalue weighted by Gasteiger charge is 2.24. The molecule has 0 amide bonds. The smallest absolute Gasteiger partial charge is 0.0506 e. The average molecular weight is 373 g/mol. The summed E-state index contributed by atoms with van der Waals surface area (Å²) in [7, 11) is 0. The fourth-order valence-corrected chi connectivity index (χ4v) is 6.21. The van der Waals surface area contributed by atoms with E-state index < -0.39 is 0 Å². The fourth-order valence-electron chi connectivity index (χ4n) is 4.77. The highest BCUT2D eigenvalue weighted by atomic mass is 32.2. The van der Waals surface area contributed by atoms with E-state index in [0.717, 1.165) is 11.7 Å². The van der Waals surface area contributed by atoms with E-state index >= 15 is 0 Å². The lowest BCUT2D eigenvalue weighted by atomic mass is 9.79. The highest BCUT2D eigenvalue weighted by Crippen LogP contribution is 2.42. The van der Waals surface area contributed by atoms with Crippen LogP contribution in [0, 0.1) is 18.8 Å². The number of thioether (sulfide) groups is 1. The first-order valence-electron chi connectivity index (χ1n) is 10.8. The van der Waals surface area contributed by atoms with E-state index in [4.69, 9.17) is 0 Å². The number of aryl methyl sites for hydroxylation is 1. The van der Waals surface area contributed by atoms with Crippen LogP contribution in [0.1, 0.15) is 80.6 Å². The molecule has 2 aliphatic carbocycles. The van der Waals surface area contributed by atoms with Crippen LogP contribution in [0.4, 0.5) is 0 Å². The third kappa shape index (κ3) is 5.63. The predicted molar refractivity (Wildman–Crippen MR) is 115 cm³/mol. The molecule has 1 saturated carbocycles. The summed E-state index contributed by atoms with van der Waals surface area (Å²) in [6.45, 7) is 2.58. The first-order valence-corrected chi connectivity index (χ1v) is 11.8. The number of aliphatic hydroxyl groups excluding tert-OH is 1. The summed E-state index contributed by atoms with van der Waals surface area (Å²) in [6, 6.07) is 9.09. The minimum absolute atomic E-state index is 0.378. The minimum Gasteiger partial charge on any atom is -0.396 e. The SMILES string of the molecule is Cc1cccc(C(SCCC(CO)C2CCCCC2)C2=CCCCC2)c1. The number of aliphatic hydroxyl groups is 1. The maximum atomic E-state index is 9.93. The van der Waals surface area contributed by atoms with Gasteiger partial charge < -0.3 is 5.11 Å². The van der Waals surface area contributed by atoms with E-state index in [1.54, 1.807) is 5.57 Å². The van der Waals surface area contributed by atoms with Gasteiger partial charge in [0.2, 0.25) is 0 Å². The van der Waals surface area contributed by atoms with Gasteiger partial charge in [0.15, 0.2) is 0 Å². The Bertz CT molecular complexity index is 573. The monoisotopic (exact) mass is 372 g/mol. The van der Waals surface area contributed by atoms with Crippen molar-refractivity contribution in [1.82, 2.24) is 0 Å². The molecule has 2 unspecified atom stereocenters. The zero-order valence-electron chi connectivity index (χ0n) is 16.5. The lowest BCUT2D eigenvalue weighted by molar-refractivity contribution is 0.145. The zero-order chi connectivity index (χ0) is 18.2. The molecule has 1 fully saturated rings. The maximum Gasteiger partial charge on any atom is 0.0506 e. The topological polar surface area (TPSA) is 20.2 Å². The van der Waals surface area contributed by atoms with Crippen LogP contribution in [0.5, 0.6) is 0 Å². The van der Waals surface area contributed by atoms with Gasteiger partial charge in [0.05, 0.1) is 5.25 Å². The molecule has 26 heavy (non-hydrogen) atoms. The van der Waals surface area contributed by atoms with Gasteiger partial charge in [-0.25, -0.2) is 0 Å². The predicted octanol–water partition coefficient (Wildman–Crippen LogP) is 6.85. The van der Waals surface area contributed by atoms with E-state index in [-0.39, 0.29) is 0 Å². The van der Waals surface area contributed by atoms with Crippen LogP contribution in [-0.4, -0.2) is 17.5 Å². The lowest BCUT2D eigenvalue weighted by Crippen LogP contribution is -2.22. The molecule has 2 atom stereocenters. The first-order chi connectivity index (χ1) is 12.8. The fraction of sp³-hybridized carbons (Fsp3) is 0.667. The summed E-state index contributed by atoms with van der Waals surface area (Å²) >= 11 is 2.12. The number of allylic oxidation sites excluding steroid dienone is 1. The normalized spacial score (nSPS) is 21.2. The number of hydrogen-bond acceptors (Lipinski definition) is 2. The zero-order valence-corrected chi connectivity index (χ0v) is 17.3. The van der Waals surface area contributed by atoms with Crippen molar-refractivity contribution < 1.29 is 5.11 Å². The molecule has 0 radical (unpaired) electrons.